The quantitative estimate of drug-likeness (QED) is 0.0222. The van der Waals surface area contributed by atoms with E-state index in [4.69, 9.17) is 37.0 Å². The molecule has 0 saturated carbocycles. The molecule has 0 spiro atoms. The molecule has 0 rings (SSSR count). The second kappa shape index (κ2) is 55.4. The first-order chi connectivity index (χ1) is 39.7. The Morgan fingerprint density at radius 3 is 0.819 bits per heavy atom. The highest BCUT2D eigenvalue weighted by atomic mass is 31.2. The summed E-state index contributed by atoms with van der Waals surface area (Å²) in [6, 6.07) is 0. The number of hydrogen-bond acceptors (Lipinski definition) is 15. The van der Waals surface area contributed by atoms with Crippen LogP contribution in [0.15, 0.2) is 0 Å². The molecular weight excluding hydrogens is 1100 g/mol. The number of carbonyl (C=O) groups excluding carboxylic acids is 4. The van der Waals surface area contributed by atoms with Gasteiger partial charge in [-0.3, -0.25) is 37.3 Å². The molecule has 0 radical (unpaired) electrons. The van der Waals surface area contributed by atoms with Crippen molar-refractivity contribution in [3.8, 4) is 0 Å². The van der Waals surface area contributed by atoms with Crippen LogP contribution in [0, 0.1) is 17.8 Å². The Bertz CT molecular complexity index is 1650. The fourth-order valence-electron chi connectivity index (χ4n) is 9.48. The van der Waals surface area contributed by atoms with Gasteiger partial charge in [-0.15, -0.1) is 0 Å². The molecule has 2 unspecified atom stereocenters. The summed E-state index contributed by atoms with van der Waals surface area (Å²) >= 11 is 0. The molecule has 0 aromatic heterocycles. The van der Waals surface area contributed by atoms with Crippen molar-refractivity contribution < 1.29 is 80.2 Å². The molecule has 5 atom stereocenters. The van der Waals surface area contributed by atoms with Crippen molar-refractivity contribution in [3.63, 3.8) is 0 Å². The summed E-state index contributed by atoms with van der Waals surface area (Å²) in [4.78, 5) is 72.2. The molecule has 0 heterocycles. The van der Waals surface area contributed by atoms with Crippen molar-refractivity contribution >= 4 is 39.5 Å². The molecule has 17 nitrogen and oxygen atoms in total. The number of rotatable bonds is 62. The Balaban J connectivity index is 5.24. The van der Waals surface area contributed by atoms with Crippen LogP contribution in [0.5, 0.6) is 0 Å². The summed E-state index contributed by atoms with van der Waals surface area (Å²) in [7, 11) is -9.89. The lowest BCUT2D eigenvalue weighted by Gasteiger charge is -2.21. The van der Waals surface area contributed by atoms with Gasteiger partial charge in [0.25, 0.3) is 0 Å². The lowest BCUT2D eigenvalue weighted by molar-refractivity contribution is -0.161. The van der Waals surface area contributed by atoms with Crippen LogP contribution in [0.2, 0.25) is 0 Å². The highest BCUT2D eigenvalue weighted by Crippen LogP contribution is 2.45. The van der Waals surface area contributed by atoms with Crippen LogP contribution >= 0.6 is 15.6 Å². The first-order valence-corrected chi connectivity index (χ1v) is 36.3. The lowest BCUT2D eigenvalue weighted by atomic mass is 10.0. The van der Waals surface area contributed by atoms with E-state index in [9.17, 15) is 43.2 Å². The molecule has 0 saturated heterocycles. The number of carbonyl (C=O) groups is 4. The fourth-order valence-corrected chi connectivity index (χ4v) is 11.1. The molecule has 0 bridgehead atoms. The van der Waals surface area contributed by atoms with Crippen molar-refractivity contribution in [2.24, 2.45) is 17.8 Å². The van der Waals surface area contributed by atoms with E-state index in [0.29, 0.717) is 37.5 Å². The van der Waals surface area contributed by atoms with Crippen LogP contribution in [-0.2, 0) is 65.4 Å². The van der Waals surface area contributed by atoms with Crippen LogP contribution in [0.3, 0.4) is 0 Å². The number of unbranched alkanes of at least 4 members (excludes halogenated alkanes) is 30. The normalized spacial score (nSPS) is 14.4. The second-order valence-electron chi connectivity index (χ2n) is 24.6. The van der Waals surface area contributed by atoms with E-state index < -0.39 is 97.5 Å². The summed E-state index contributed by atoms with van der Waals surface area (Å²) in [5.41, 5.74) is 0. The Morgan fingerprint density at radius 1 is 0.325 bits per heavy atom. The topological polar surface area (TPSA) is 237 Å². The predicted molar refractivity (Wildman–Crippen MR) is 331 cm³/mol. The molecule has 492 valence electrons. The van der Waals surface area contributed by atoms with E-state index in [0.717, 1.165) is 102 Å². The molecule has 0 aromatic rings. The number of hydrogen-bond donors (Lipinski definition) is 3. The lowest BCUT2D eigenvalue weighted by Crippen LogP contribution is -2.30. The maximum atomic E-state index is 13.0. The number of aliphatic hydroxyl groups excluding tert-OH is 1. The van der Waals surface area contributed by atoms with Gasteiger partial charge in [-0.25, -0.2) is 9.13 Å². The maximum absolute atomic E-state index is 13.0. The van der Waals surface area contributed by atoms with Gasteiger partial charge in [0.1, 0.15) is 19.3 Å². The summed E-state index contributed by atoms with van der Waals surface area (Å²) < 4.78 is 67.9. The van der Waals surface area contributed by atoms with Gasteiger partial charge in [0.15, 0.2) is 12.2 Å². The summed E-state index contributed by atoms with van der Waals surface area (Å²) in [5, 5.41) is 10.5. The van der Waals surface area contributed by atoms with Crippen LogP contribution in [-0.4, -0.2) is 96.7 Å². The second-order valence-corrected chi connectivity index (χ2v) is 27.5. The average Bonchev–Trinajstić information content (AvgIpc) is 3.44. The SMILES string of the molecule is CCCCCCCCCCCCCCC(=O)OC[C@H](COP(=O)(O)OC[C@@H](O)COP(=O)(O)OC[C@@H](COC(=O)CCCCCCCCC(C)C)OC(=O)CCCCCCCCC(C)C)OC(=O)CCCCCCCCCCCCC(C)C. The van der Waals surface area contributed by atoms with Crippen LogP contribution in [0.1, 0.15) is 312 Å². The zero-order chi connectivity index (χ0) is 61.7. The zero-order valence-corrected chi connectivity index (χ0v) is 55.4. The third-order valence-corrected chi connectivity index (χ3v) is 16.5. The highest BCUT2D eigenvalue weighted by Gasteiger charge is 2.30. The van der Waals surface area contributed by atoms with Gasteiger partial charge in [0.05, 0.1) is 26.4 Å². The van der Waals surface area contributed by atoms with Gasteiger partial charge in [0, 0.05) is 25.7 Å². The Kier molecular flexibility index (Phi) is 54.1. The minimum Gasteiger partial charge on any atom is -0.462 e. The van der Waals surface area contributed by atoms with Crippen LogP contribution in [0.4, 0.5) is 0 Å². The smallest absolute Gasteiger partial charge is 0.462 e. The fraction of sp³-hybridized carbons (Fsp3) is 0.938. The van der Waals surface area contributed by atoms with Crippen molar-refractivity contribution in [2.45, 2.75) is 330 Å². The first-order valence-electron chi connectivity index (χ1n) is 33.3. The van der Waals surface area contributed by atoms with Gasteiger partial charge < -0.3 is 33.8 Å². The van der Waals surface area contributed by atoms with Gasteiger partial charge in [-0.2, -0.15) is 0 Å². The number of phosphoric acid groups is 2. The van der Waals surface area contributed by atoms with E-state index in [1.807, 2.05) is 0 Å². The molecule has 0 aliphatic heterocycles. The van der Waals surface area contributed by atoms with Crippen LogP contribution < -0.4 is 0 Å². The van der Waals surface area contributed by atoms with E-state index in [1.165, 1.54) is 116 Å². The van der Waals surface area contributed by atoms with E-state index in [-0.39, 0.29) is 25.7 Å². The number of ether oxygens (including phenoxy) is 4. The molecule has 83 heavy (non-hydrogen) atoms. The first kappa shape index (κ1) is 81.1. The summed E-state index contributed by atoms with van der Waals surface area (Å²) in [5.74, 6) is -0.0397. The van der Waals surface area contributed by atoms with Gasteiger partial charge in [-0.1, -0.05) is 260 Å². The van der Waals surface area contributed by atoms with E-state index in [2.05, 4.69) is 48.5 Å². The van der Waals surface area contributed by atoms with Gasteiger partial charge in [0.2, 0.25) is 0 Å². The summed E-state index contributed by atoms with van der Waals surface area (Å²) in [6.07, 6.45) is 36.5. The van der Waals surface area contributed by atoms with Gasteiger partial charge >= 0.3 is 39.5 Å². The highest BCUT2D eigenvalue weighted by molar-refractivity contribution is 7.47. The summed E-state index contributed by atoms with van der Waals surface area (Å²) in [6.45, 7) is 11.6. The molecule has 0 aliphatic rings. The Morgan fingerprint density at radius 2 is 0.554 bits per heavy atom. The standard InChI is InChI=1S/C64H124O17P2/c1-8-9-10-11-12-13-14-15-19-22-31-38-45-61(66)74-51-59(80-63(68)47-40-33-23-20-17-16-18-21-28-35-42-55(2)3)53-78-82(70,71)76-49-58(65)50-77-83(72,73)79-54-60(81-64(69)48-41-34-27-25-30-37-44-57(6)7)52-75-62(67)46-39-32-26-24-29-36-43-56(4)5/h55-60,65H,8-54H2,1-7H3,(H,70,71)(H,72,73)/t58-,59-,60-/m1/s1. The molecule has 0 amide bonds. The largest absolute Gasteiger partial charge is 0.472 e. The van der Waals surface area contributed by atoms with Crippen molar-refractivity contribution in [2.75, 3.05) is 39.6 Å². The van der Waals surface area contributed by atoms with Crippen molar-refractivity contribution in [3.05, 3.63) is 0 Å². The van der Waals surface area contributed by atoms with Crippen molar-refractivity contribution in [1.82, 2.24) is 0 Å². The molecular formula is C64H124O17P2. The van der Waals surface area contributed by atoms with Crippen LogP contribution in [0.25, 0.3) is 0 Å². The number of esters is 4. The third kappa shape index (κ3) is 58.8. The maximum Gasteiger partial charge on any atom is 0.472 e. The molecule has 19 heteroatoms. The van der Waals surface area contributed by atoms with Gasteiger partial charge in [-0.05, 0) is 43.4 Å². The monoisotopic (exact) mass is 1230 g/mol. The van der Waals surface area contributed by atoms with Crippen molar-refractivity contribution in [1.29, 1.82) is 0 Å². The number of aliphatic hydroxyl groups is 1. The zero-order valence-electron chi connectivity index (χ0n) is 53.6. The molecule has 0 aliphatic carbocycles. The van der Waals surface area contributed by atoms with E-state index in [1.54, 1.807) is 0 Å². The Labute approximate surface area is 505 Å². The van der Waals surface area contributed by atoms with E-state index >= 15 is 0 Å². The third-order valence-electron chi connectivity index (χ3n) is 14.6. The Hall–Kier alpha value is -1.94. The predicted octanol–water partition coefficient (Wildman–Crippen LogP) is 17.5. The minimum absolute atomic E-state index is 0.101. The molecule has 3 N–H and O–H groups in total. The molecule has 0 aromatic carbocycles. The molecule has 0 fully saturated rings. The number of phosphoric ester groups is 2. The average molecular weight is 1230 g/mol. The minimum atomic E-state index is -4.94.